The fourth-order valence-corrected chi connectivity index (χ4v) is 2.94. The Morgan fingerprint density at radius 3 is 2.62 bits per heavy atom. The molecule has 2 aromatic rings. The van der Waals surface area contributed by atoms with Gasteiger partial charge in [-0.3, -0.25) is 4.79 Å². The first kappa shape index (κ1) is 16.6. The normalized spacial score (nSPS) is 17.0. The summed E-state index contributed by atoms with van der Waals surface area (Å²) in [5.74, 6) is -0.0210. The Balaban J connectivity index is 1.61. The van der Waals surface area contributed by atoms with Crippen molar-refractivity contribution in [2.24, 2.45) is 0 Å². The molecule has 1 aliphatic heterocycles. The molecule has 124 valence electrons. The fourth-order valence-electron chi connectivity index (χ4n) is 2.60. The maximum atomic E-state index is 12.1. The molecule has 1 aliphatic rings. The van der Waals surface area contributed by atoms with E-state index in [1.165, 1.54) is 0 Å². The molecule has 0 bridgehead atoms. The Bertz CT molecular complexity index is 768. The molecule has 1 fully saturated rings. The quantitative estimate of drug-likeness (QED) is 0.867. The van der Waals surface area contributed by atoms with Crippen LogP contribution in [0.3, 0.4) is 0 Å². The van der Waals surface area contributed by atoms with Gasteiger partial charge in [-0.2, -0.15) is 0 Å². The van der Waals surface area contributed by atoms with Gasteiger partial charge in [-0.25, -0.2) is 4.79 Å². The predicted octanol–water partition coefficient (Wildman–Crippen LogP) is 3.92. The third-order valence-electron chi connectivity index (χ3n) is 3.70. The molecule has 0 aromatic heterocycles. The Morgan fingerprint density at radius 1 is 1.12 bits per heavy atom. The van der Waals surface area contributed by atoms with E-state index in [1.807, 2.05) is 30.3 Å². The minimum absolute atomic E-state index is 0.0210. The van der Waals surface area contributed by atoms with Gasteiger partial charge in [-0.15, -0.1) is 0 Å². The third kappa shape index (κ3) is 3.80. The first-order valence-corrected chi connectivity index (χ1v) is 8.16. The number of hydrogen-bond acceptors (Lipinski definition) is 2. The molecule has 1 saturated heterocycles. The van der Waals surface area contributed by atoms with Crippen molar-refractivity contribution in [2.75, 3.05) is 16.8 Å². The highest BCUT2D eigenvalue weighted by molar-refractivity contribution is 6.35. The van der Waals surface area contributed by atoms with Gasteiger partial charge in [0, 0.05) is 23.7 Å². The summed E-state index contributed by atoms with van der Waals surface area (Å²) in [5.41, 5.74) is 1.25. The number of hydrogen-bond donors (Lipinski definition) is 2. The summed E-state index contributed by atoms with van der Waals surface area (Å²) < 4.78 is 0. The zero-order valence-electron chi connectivity index (χ0n) is 12.6. The largest absolute Gasteiger partial charge is 0.333 e. The molecule has 0 aliphatic carbocycles. The van der Waals surface area contributed by atoms with E-state index in [4.69, 9.17) is 23.2 Å². The number of carbonyl (C=O) groups excluding carboxylic acids is 2. The van der Waals surface area contributed by atoms with Crippen molar-refractivity contribution in [3.05, 3.63) is 58.6 Å². The lowest BCUT2D eigenvalue weighted by Gasteiger charge is -2.17. The van der Waals surface area contributed by atoms with Crippen molar-refractivity contribution in [1.82, 2.24) is 5.32 Å². The number of carbonyl (C=O) groups is 2. The van der Waals surface area contributed by atoms with Crippen molar-refractivity contribution in [3.63, 3.8) is 0 Å². The molecule has 0 spiro atoms. The molecule has 5 nitrogen and oxygen atoms in total. The van der Waals surface area contributed by atoms with Crippen molar-refractivity contribution in [1.29, 1.82) is 0 Å². The summed E-state index contributed by atoms with van der Waals surface area (Å²) in [6, 6.07) is 13.5. The van der Waals surface area contributed by atoms with Crippen LogP contribution in [0.15, 0.2) is 48.5 Å². The van der Waals surface area contributed by atoms with Crippen LogP contribution in [0.5, 0.6) is 0 Å². The molecule has 7 heteroatoms. The van der Waals surface area contributed by atoms with Gasteiger partial charge in [-0.1, -0.05) is 41.4 Å². The molecule has 1 unspecified atom stereocenters. The van der Waals surface area contributed by atoms with Crippen molar-refractivity contribution >= 4 is 46.5 Å². The van der Waals surface area contributed by atoms with Gasteiger partial charge < -0.3 is 15.5 Å². The Hall–Kier alpha value is -2.24. The van der Waals surface area contributed by atoms with E-state index in [0.717, 1.165) is 5.69 Å². The van der Waals surface area contributed by atoms with Crippen LogP contribution in [-0.2, 0) is 4.79 Å². The first-order valence-electron chi connectivity index (χ1n) is 7.41. The van der Waals surface area contributed by atoms with Gasteiger partial charge >= 0.3 is 6.03 Å². The molecule has 2 aromatic carbocycles. The number of para-hydroxylation sites is 1. The Kier molecular flexibility index (Phi) is 4.92. The van der Waals surface area contributed by atoms with Gasteiger partial charge in [0.25, 0.3) is 0 Å². The molecule has 24 heavy (non-hydrogen) atoms. The maximum absolute atomic E-state index is 12.1. The SMILES string of the molecule is O=C(Nc1cc(Cl)ccc1Cl)NC1CC(=O)N(c2ccccc2)C1. The van der Waals surface area contributed by atoms with Gasteiger partial charge in [0.05, 0.1) is 16.8 Å². The molecule has 2 N–H and O–H groups in total. The smallest absolute Gasteiger partial charge is 0.319 e. The molecular weight excluding hydrogens is 349 g/mol. The predicted molar refractivity (Wildman–Crippen MR) is 95.8 cm³/mol. The summed E-state index contributed by atoms with van der Waals surface area (Å²) in [6.45, 7) is 0.430. The second kappa shape index (κ2) is 7.11. The summed E-state index contributed by atoms with van der Waals surface area (Å²) in [7, 11) is 0. The highest BCUT2D eigenvalue weighted by atomic mass is 35.5. The van der Waals surface area contributed by atoms with Crippen LogP contribution in [0, 0.1) is 0 Å². The van der Waals surface area contributed by atoms with Gasteiger partial charge in [0.1, 0.15) is 0 Å². The van der Waals surface area contributed by atoms with Crippen LogP contribution < -0.4 is 15.5 Å². The number of nitrogens with zero attached hydrogens (tertiary/aromatic N) is 1. The van der Waals surface area contributed by atoms with Crippen molar-refractivity contribution in [3.8, 4) is 0 Å². The summed E-state index contributed by atoms with van der Waals surface area (Å²) in [4.78, 5) is 25.9. The number of halogens is 2. The van der Waals surface area contributed by atoms with Crippen LogP contribution >= 0.6 is 23.2 Å². The average molecular weight is 364 g/mol. The minimum atomic E-state index is -0.424. The number of urea groups is 1. The van der Waals surface area contributed by atoms with Crippen LogP contribution in [0.25, 0.3) is 0 Å². The van der Waals surface area contributed by atoms with E-state index in [2.05, 4.69) is 10.6 Å². The van der Waals surface area contributed by atoms with E-state index in [9.17, 15) is 9.59 Å². The first-order chi connectivity index (χ1) is 11.5. The summed E-state index contributed by atoms with van der Waals surface area (Å²) >= 11 is 11.9. The topological polar surface area (TPSA) is 61.4 Å². The summed E-state index contributed by atoms with van der Waals surface area (Å²) in [6.07, 6.45) is 0.256. The van der Waals surface area contributed by atoms with Crippen LogP contribution in [0.4, 0.5) is 16.2 Å². The highest BCUT2D eigenvalue weighted by Crippen LogP contribution is 2.25. The standard InChI is InChI=1S/C17H15Cl2N3O2/c18-11-6-7-14(19)15(8-11)21-17(24)20-12-9-16(23)22(10-12)13-4-2-1-3-5-13/h1-8,12H,9-10H2,(H2,20,21,24). The lowest BCUT2D eigenvalue weighted by atomic mass is 10.2. The summed E-state index contributed by atoms with van der Waals surface area (Å²) in [5, 5.41) is 6.31. The molecule has 3 rings (SSSR count). The van der Waals surface area contributed by atoms with Crippen molar-refractivity contribution in [2.45, 2.75) is 12.5 Å². The monoisotopic (exact) mass is 363 g/mol. The second-order valence-electron chi connectivity index (χ2n) is 5.46. The van der Waals surface area contributed by atoms with Crippen LogP contribution in [0.1, 0.15) is 6.42 Å². The maximum Gasteiger partial charge on any atom is 0.319 e. The zero-order chi connectivity index (χ0) is 17.1. The fraction of sp³-hybridized carbons (Fsp3) is 0.176. The molecule has 1 heterocycles. The number of amides is 3. The van der Waals surface area contributed by atoms with E-state index in [-0.39, 0.29) is 18.4 Å². The number of rotatable bonds is 3. The highest BCUT2D eigenvalue weighted by Gasteiger charge is 2.31. The molecule has 0 saturated carbocycles. The number of anilines is 2. The van der Waals surface area contributed by atoms with Crippen LogP contribution in [0.2, 0.25) is 10.0 Å². The molecular formula is C17H15Cl2N3O2. The number of nitrogens with one attached hydrogen (secondary N) is 2. The lowest BCUT2D eigenvalue weighted by molar-refractivity contribution is -0.117. The number of benzene rings is 2. The van der Waals surface area contributed by atoms with E-state index < -0.39 is 6.03 Å². The van der Waals surface area contributed by atoms with Crippen molar-refractivity contribution < 1.29 is 9.59 Å². The van der Waals surface area contributed by atoms with Gasteiger partial charge in [0.2, 0.25) is 5.91 Å². The molecule has 3 amide bonds. The van der Waals surface area contributed by atoms with Gasteiger partial charge in [0.15, 0.2) is 0 Å². The van der Waals surface area contributed by atoms with Crippen LogP contribution in [-0.4, -0.2) is 24.5 Å². The third-order valence-corrected chi connectivity index (χ3v) is 4.27. The van der Waals surface area contributed by atoms with Gasteiger partial charge in [-0.05, 0) is 30.3 Å². The second-order valence-corrected chi connectivity index (χ2v) is 6.31. The minimum Gasteiger partial charge on any atom is -0.333 e. The molecule has 0 radical (unpaired) electrons. The Labute approximate surface area is 149 Å². The van der Waals surface area contributed by atoms with E-state index in [0.29, 0.717) is 22.3 Å². The molecule has 1 atom stereocenters. The Morgan fingerprint density at radius 2 is 1.88 bits per heavy atom. The average Bonchev–Trinajstić information content (AvgIpc) is 2.92. The van der Waals surface area contributed by atoms with E-state index >= 15 is 0 Å². The lowest BCUT2D eigenvalue weighted by Crippen LogP contribution is -2.39. The zero-order valence-corrected chi connectivity index (χ0v) is 14.1. The van der Waals surface area contributed by atoms with E-state index in [1.54, 1.807) is 23.1 Å².